The van der Waals surface area contributed by atoms with Crippen molar-refractivity contribution in [2.75, 3.05) is 0 Å². The van der Waals surface area contributed by atoms with Crippen LogP contribution in [0.5, 0.6) is 0 Å². The second-order valence-corrected chi connectivity index (χ2v) is 10.5. The van der Waals surface area contributed by atoms with Gasteiger partial charge in [-0.25, -0.2) is 4.98 Å². The lowest BCUT2D eigenvalue weighted by atomic mass is 9.82. The highest BCUT2D eigenvalue weighted by atomic mass is 15.1. The molecule has 1 aliphatic carbocycles. The molecule has 2 heterocycles. The van der Waals surface area contributed by atoms with Crippen molar-refractivity contribution in [3.63, 3.8) is 0 Å². The molecule has 0 saturated carbocycles. The van der Waals surface area contributed by atoms with Gasteiger partial charge in [0.05, 0.1) is 11.0 Å². The molecule has 0 spiro atoms. The van der Waals surface area contributed by atoms with Gasteiger partial charge in [-0.1, -0.05) is 98.8 Å². The third-order valence-electron chi connectivity index (χ3n) is 8.21. The molecule has 8 rings (SSSR count). The molecule has 36 heavy (non-hydrogen) atoms. The highest BCUT2D eigenvalue weighted by molar-refractivity contribution is 6.20. The maximum absolute atomic E-state index is 4.93. The fraction of sp³-hybridized carbons (Fsp3) is 0.0882. The first-order valence-corrected chi connectivity index (χ1v) is 12.6. The largest absolute Gasteiger partial charge is 0.294 e. The Morgan fingerprint density at radius 3 is 2.11 bits per heavy atom. The molecular formula is C34H24N2. The van der Waals surface area contributed by atoms with Gasteiger partial charge in [0, 0.05) is 27.8 Å². The van der Waals surface area contributed by atoms with Gasteiger partial charge in [-0.05, 0) is 56.6 Å². The van der Waals surface area contributed by atoms with Crippen molar-refractivity contribution in [1.82, 2.24) is 9.55 Å². The standard InChI is InChI=1S/C34H24N2/c1-34(2)26-16-15-21-9-5-6-12-24(21)31(26)33-27(34)17-18-29-32(33)25-13-7-8-14-28(25)36(29)30-19-22-10-3-4-11-23(22)20-35-30/h3-20H,1-2H3. The average molecular weight is 461 g/mol. The summed E-state index contributed by atoms with van der Waals surface area (Å²) in [6.45, 7) is 4.73. The Morgan fingerprint density at radius 1 is 0.583 bits per heavy atom. The molecule has 2 aromatic heterocycles. The van der Waals surface area contributed by atoms with E-state index in [-0.39, 0.29) is 5.41 Å². The molecule has 0 N–H and O–H groups in total. The third-order valence-corrected chi connectivity index (χ3v) is 8.21. The summed E-state index contributed by atoms with van der Waals surface area (Å²) in [6, 6.07) is 37.5. The van der Waals surface area contributed by atoms with Crippen LogP contribution in [0.25, 0.3) is 60.3 Å². The Morgan fingerprint density at radius 2 is 1.25 bits per heavy atom. The second kappa shape index (κ2) is 6.83. The molecule has 1 aliphatic rings. The molecule has 0 radical (unpaired) electrons. The van der Waals surface area contributed by atoms with E-state index >= 15 is 0 Å². The minimum atomic E-state index is -0.0622. The smallest absolute Gasteiger partial charge is 0.138 e. The zero-order valence-corrected chi connectivity index (χ0v) is 20.3. The number of para-hydroxylation sites is 1. The Balaban J connectivity index is 1.56. The van der Waals surface area contributed by atoms with Crippen molar-refractivity contribution in [2.24, 2.45) is 0 Å². The number of fused-ring (bicyclic) bond motifs is 10. The van der Waals surface area contributed by atoms with Crippen molar-refractivity contribution in [3.8, 4) is 16.9 Å². The SMILES string of the molecule is CC1(C)c2ccc3ccccc3c2-c2c1ccc1c2c2ccccc2n1-c1cc2ccccc2cn1. The lowest BCUT2D eigenvalue weighted by molar-refractivity contribution is 0.661. The maximum Gasteiger partial charge on any atom is 0.138 e. The summed E-state index contributed by atoms with van der Waals surface area (Å²) >= 11 is 0. The molecule has 5 aromatic carbocycles. The molecule has 0 bridgehead atoms. The van der Waals surface area contributed by atoms with E-state index in [1.807, 2.05) is 6.20 Å². The van der Waals surface area contributed by atoms with Crippen molar-refractivity contribution in [2.45, 2.75) is 19.3 Å². The van der Waals surface area contributed by atoms with E-state index in [0.717, 1.165) is 11.2 Å². The summed E-state index contributed by atoms with van der Waals surface area (Å²) in [5.74, 6) is 0.954. The van der Waals surface area contributed by atoms with E-state index in [9.17, 15) is 0 Å². The van der Waals surface area contributed by atoms with Gasteiger partial charge in [0.1, 0.15) is 5.82 Å². The number of aromatic nitrogens is 2. The summed E-state index contributed by atoms with van der Waals surface area (Å²) in [5, 5.41) is 7.57. The summed E-state index contributed by atoms with van der Waals surface area (Å²) < 4.78 is 2.34. The number of benzene rings is 5. The Kier molecular flexibility index (Phi) is 3.76. The van der Waals surface area contributed by atoms with Crippen molar-refractivity contribution >= 4 is 43.4 Å². The summed E-state index contributed by atoms with van der Waals surface area (Å²) in [6.07, 6.45) is 1.99. The quantitative estimate of drug-likeness (QED) is 0.239. The second-order valence-electron chi connectivity index (χ2n) is 10.5. The van der Waals surface area contributed by atoms with E-state index in [4.69, 9.17) is 4.98 Å². The van der Waals surface area contributed by atoms with Gasteiger partial charge >= 0.3 is 0 Å². The van der Waals surface area contributed by atoms with Crippen LogP contribution < -0.4 is 0 Å². The Labute approximate surface area is 209 Å². The number of hydrogen-bond donors (Lipinski definition) is 0. The zero-order chi connectivity index (χ0) is 24.0. The van der Waals surface area contributed by atoms with Crippen LogP contribution in [0.2, 0.25) is 0 Å². The highest BCUT2D eigenvalue weighted by Gasteiger charge is 2.38. The van der Waals surface area contributed by atoms with Gasteiger partial charge < -0.3 is 0 Å². The highest BCUT2D eigenvalue weighted by Crippen LogP contribution is 2.55. The van der Waals surface area contributed by atoms with E-state index in [1.54, 1.807) is 0 Å². The van der Waals surface area contributed by atoms with Gasteiger partial charge in [-0.15, -0.1) is 0 Å². The number of pyridine rings is 1. The monoisotopic (exact) mass is 460 g/mol. The predicted octanol–water partition coefficient (Wildman–Crippen LogP) is 8.79. The lowest BCUT2D eigenvalue weighted by Crippen LogP contribution is -2.14. The normalized spacial score (nSPS) is 14.1. The van der Waals surface area contributed by atoms with Crippen molar-refractivity contribution in [3.05, 3.63) is 120 Å². The minimum Gasteiger partial charge on any atom is -0.294 e. The topological polar surface area (TPSA) is 17.8 Å². The van der Waals surface area contributed by atoms with Crippen LogP contribution in [0.3, 0.4) is 0 Å². The van der Waals surface area contributed by atoms with Crippen LogP contribution in [-0.4, -0.2) is 9.55 Å². The molecule has 2 nitrogen and oxygen atoms in total. The van der Waals surface area contributed by atoms with E-state index in [1.165, 1.54) is 60.2 Å². The number of hydrogen-bond acceptors (Lipinski definition) is 1. The maximum atomic E-state index is 4.93. The van der Waals surface area contributed by atoms with Gasteiger partial charge in [0.2, 0.25) is 0 Å². The Bertz CT molecular complexity index is 2020. The summed E-state index contributed by atoms with van der Waals surface area (Å²) in [5.41, 5.74) is 7.89. The van der Waals surface area contributed by atoms with Gasteiger partial charge in [0.25, 0.3) is 0 Å². The minimum absolute atomic E-state index is 0.0622. The molecule has 0 fully saturated rings. The fourth-order valence-corrected chi connectivity index (χ4v) is 6.49. The molecule has 0 aliphatic heterocycles. The van der Waals surface area contributed by atoms with E-state index in [0.29, 0.717) is 0 Å². The molecule has 0 amide bonds. The van der Waals surface area contributed by atoms with E-state index in [2.05, 4.69) is 122 Å². The first kappa shape index (κ1) is 19.8. The Hall–Kier alpha value is -4.43. The van der Waals surface area contributed by atoms with Crippen LogP contribution in [0, 0.1) is 0 Å². The zero-order valence-electron chi connectivity index (χ0n) is 20.3. The predicted molar refractivity (Wildman–Crippen MR) is 151 cm³/mol. The van der Waals surface area contributed by atoms with E-state index < -0.39 is 0 Å². The summed E-state index contributed by atoms with van der Waals surface area (Å²) in [4.78, 5) is 4.93. The van der Waals surface area contributed by atoms with Crippen LogP contribution in [0.15, 0.2) is 109 Å². The first-order chi connectivity index (χ1) is 17.6. The molecule has 0 unspecified atom stereocenters. The third kappa shape index (κ3) is 2.43. The fourth-order valence-electron chi connectivity index (χ4n) is 6.49. The van der Waals surface area contributed by atoms with Crippen LogP contribution in [0.4, 0.5) is 0 Å². The average Bonchev–Trinajstić information content (AvgIpc) is 3.37. The molecule has 170 valence electrons. The lowest BCUT2D eigenvalue weighted by Gasteiger charge is -2.21. The van der Waals surface area contributed by atoms with Gasteiger partial charge in [-0.3, -0.25) is 4.57 Å². The van der Waals surface area contributed by atoms with Crippen molar-refractivity contribution in [1.29, 1.82) is 0 Å². The molecule has 0 saturated heterocycles. The van der Waals surface area contributed by atoms with Gasteiger partial charge in [-0.2, -0.15) is 0 Å². The number of rotatable bonds is 1. The molecular weight excluding hydrogens is 436 g/mol. The first-order valence-electron chi connectivity index (χ1n) is 12.6. The summed E-state index contributed by atoms with van der Waals surface area (Å²) in [7, 11) is 0. The number of nitrogens with zero attached hydrogens (tertiary/aromatic N) is 2. The van der Waals surface area contributed by atoms with Crippen LogP contribution in [-0.2, 0) is 5.41 Å². The van der Waals surface area contributed by atoms with Crippen LogP contribution >= 0.6 is 0 Å². The molecule has 7 aromatic rings. The molecule has 2 heteroatoms. The molecule has 0 atom stereocenters. The van der Waals surface area contributed by atoms with Gasteiger partial charge in [0.15, 0.2) is 0 Å². The van der Waals surface area contributed by atoms with Crippen molar-refractivity contribution < 1.29 is 0 Å². The van der Waals surface area contributed by atoms with Crippen LogP contribution in [0.1, 0.15) is 25.0 Å².